The Labute approximate surface area is 159 Å². The molecular formula is C18H23FIN3O. The molecule has 24 heavy (non-hydrogen) atoms. The molecule has 0 heterocycles. The zero-order valence-corrected chi connectivity index (χ0v) is 16.5. The molecule has 2 rings (SSSR count). The highest BCUT2D eigenvalue weighted by molar-refractivity contribution is 14.0. The summed E-state index contributed by atoms with van der Waals surface area (Å²) in [6.45, 7) is 1.17. The van der Waals surface area contributed by atoms with E-state index in [4.69, 9.17) is 4.74 Å². The Morgan fingerprint density at radius 2 is 1.96 bits per heavy atom. The van der Waals surface area contributed by atoms with E-state index in [-0.39, 0.29) is 29.8 Å². The maximum atomic E-state index is 13.2. The first-order valence-electron chi connectivity index (χ1n) is 7.42. The first-order chi connectivity index (χ1) is 11.1. The van der Waals surface area contributed by atoms with Gasteiger partial charge >= 0.3 is 0 Å². The Hall–Kier alpha value is -1.83. The van der Waals surface area contributed by atoms with Gasteiger partial charge in [0, 0.05) is 32.7 Å². The van der Waals surface area contributed by atoms with E-state index in [2.05, 4.69) is 10.3 Å². The van der Waals surface area contributed by atoms with E-state index in [9.17, 15) is 4.39 Å². The van der Waals surface area contributed by atoms with E-state index in [0.29, 0.717) is 13.1 Å². The molecule has 0 aliphatic heterocycles. The number of para-hydroxylation sites is 1. The molecule has 2 aromatic rings. The Bertz CT molecular complexity index is 679. The minimum Gasteiger partial charge on any atom is -0.496 e. The van der Waals surface area contributed by atoms with Crippen LogP contribution in [0.2, 0.25) is 0 Å². The molecule has 0 spiro atoms. The van der Waals surface area contributed by atoms with E-state index in [1.54, 1.807) is 20.2 Å². The van der Waals surface area contributed by atoms with Gasteiger partial charge in [-0.3, -0.25) is 4.99 Å². The average Bonchev–Trinajstić information content (AvgIpc) is 2.56. The van der Waals surface area contributed by atoms with E-state index < -0.39 is 0 Å². The van der Waals surface area contributed by atoms with Gasteiger partial charge in [-0.1, -0.05) is 30.3 Å². The largest absolute Gasteiger partial charge is 0.496 e. The van der Waals surface area contributed by atoms with Crippen molar-refractivity contribution in [1.29, 1.82) is 0 Å². The standard InChI is InChI=1S/C18H22FN3O.HI/c1-20-18(21-12-14-7-6-9-16(19)11-14)22(2)13-15-8-4-5-10-17(15)23-3;/h4-11H,12-13H2,1-3H3,(H,20,21);1H. The fraction of sp³-hybridized carbons (Fsp3) is 0.278. The topological polar surface area (TPSA) is 36.9 Å². The third kappa shape index (κ3) is 5.67. The summed E-state index contributed by atoms with van der Waals surface area (Å²) in [5.41, 5.74) is 1.95. The SMILES string of the molecule is CN=C(NCc1cccc(F)c1)N(C)Cc1ccccc1OC.I. The normalized spacial score (nSPS) is 10.8. The van der Waals surface area contributed by atoms with Gasteiger partial charge in [-0.05, 0) is 23.8 Å². The van der Waals surface area contributed by atoms with Gasteiger partial charge in [0.2, 0.25) is 0 Å². The van der Waals surface area contributed by atoms with Crippen molar-refractivity contribution in [2.24, 2.45) is 4.99 Å². The first-order valence-corrected chi connectivity index (χ1v) is 7.42. The monoisotopic (exact) mass is 443 g/mol. The van der Waals surface area contributed by atoms with Crippen LogP contribution in [-0.2, 0) is 13.1 Å². The molecule has 0 radical (unpaired) electrons. The minimum atomic E-state index is -0.235. The predicted molar refractivity (Wildman–Crippen MR) is 106 cm³/mol. The van der Waals surface area contributed by atoms with Gasteiger partial charge in [-0.25, -0.2) is 4.39 Å². The number of hydrogen-bond donors (Lipinski definition) is 1. The van der Waals surface area contributed by atoms with Crippen LogP contribution in [0.4, 0.5) is 4.39 Å². The molecule has 2 aromatic carbocycles. The lowest BCUT2D eigenvalue weighted by Crippen LogP contribution is -2.38. The molecule has 4 nitrogen and oxygen atoms in total. The number of benzene rings is 2. The van der Waals surface area contributed by atoms with Crippen LogP contribution in [-0.4, -0.2) is 32.1 Å². The molecule has 6 heteroatoms. The summed E-state index contributed by atoms with van der Waals surface area (Å²) >= 11 is 0. The molecule has 0 saturated heterocycles. The number of rotatable bonds is 5. The number of guanidine groups is 1. The first kappa shape index (κ1) is 20.2. The Kier molecular flexibility index (Phi) is 8.53. The molecule has 0 bridgehead atoms. The van der Waals surface area contributed by atoms with Crippen molar-refractivity contribution in [3.63, 3.8) is 0 Å². The van der Waals surface area contributed by atoms with Crippen molar-refractivity contribution in [3.05, 3.63) is 65.5 Å². The fourth-order valence-corrected chi connectivity index (χ4v) is 2.38. The number of hydrogen-bond acceptors (Lipinski definition) is 2. The van der Waals surface area contributed by atoms with Crippen molar-refractivity contribution >= 4 is 29.9 Å². The number of halogens is 2. The second kappa shape index (κ2) is 10.1. The Morgan fingerprint density at radius 3 is 2.62 bits per heavy atom. The van der Waals surface area contributed by atoms with Crippen LogP contribution in [0, 0.1) is 5.82 Å². The zero-order chi connectivity index (χ0) is 16.7. The number of methoxy groups -OCH3 is 1. The molecule has 0 aliphatic rings. The van der Waals surface area contributed by atoms with Crippen LogP contribution in [0.1, 0.15) is 11.1 Å². The molecule has 0 fully saturated rings. The predicted octanol–water partition coefficient (Wildman–Crippen LogP) is 3.66. The molecule has 0 amide bonds. The second-order valence-electron chi connectivity index (χ2n) is 5.20. The summed E-state index contributed by atoms with van der Waals surface area (Å²) in [4.78, 5) is 6.27. The van der Waals surface area contributed by atoms with Crippen LogP contribution in [0.15, 0.2) is 53.5 Å². The quantitative estimate of drug-likeness (QED) is 0.436. The lowest BCUT2D eigenvalue weighted by molar-refractivity contribution is 0.396. The van der Waals surface area contributed by atoms with Crippen molar-refractivity contribution in [3.8, 4) is 5.75 Å². The van der Waals surface area contributed by atoms with Crippen LogP contribution in [0.5, 0.6) is 5.75 Å². The highest BCUT2D eigenvalue weighted by atomic mass is 127. The van der Waals surface area contributed by atoms with Crippen LogP contribution >= 0.6 is 24.0 Å². The Morgan fingerprint density at radius 1 is 1.21 bits per heavy atom. The molecule has 130 valence electrons. The lowest BCUT2D eigenvalue weighted by Gasteiger charge is -2.23. The second-order valence-corrected chi connectivity index (χ2v) is 5.20. The zero-order valence-electron chi connectivity index (χ0n) is 14.1. The van der Waals surface area contributed by atoms with E-state index in [0.717, 1.165) is 22.8 Å². The van der Waals surface area contributed by atoms with Gasteiger partial charge in [0.05, 0.1) is 7.11 Å². The average molecular weight is 443 g/mol. The van der Waals surface area contributed by atoms with Crippen LogP contribution in [0.3, 0.4) is 0 Å². The van der Waals surface area contributed by atoms with Gasteiger partial charge in [0.15, 0.2) is 5.96 Å². The number of nitrogens with one attached hydrogen (secondary N) is 1. The van der Waals surface area contributed by atoms with Gasteiger partial charge < -0.3 is 15.0 Å². The molecule has 0 saturated carbocycles. The summed E-state index contributed by atoms with van der Waals surface area (Å²) in [7, 11) is 5.34. The van der Waals surface area contributed by atoms with Gasteiger partial charge in [-0.2, -0.15) is 0 Å². The summed E-state index contributed by atoms with van der Waals surface area (Å²) < 4.78 is 18.6. The van der Waals surface area contributed by atoms with E-state index in [1.807, 2.05) is 42.3 Å². The third-order valence-corrected chi connectivity index (χ3v) is 3.51. The fourth-order valence-electron chi connectivity index (χ4n) is 2.38. The number of ether oxygens (including phenoxy) is 1. The van der Waals surface area contributed by atoms with Crippen molar-refractivity contribution < 1.29 is 9.13 Å². The number of nitrogens with zero attached hydrogens (tertiary/aromatic N) is 2. The minimum absolute atomic E-state index is 0. The van der Waals surface area contributed by atoms with Crippen LogP contribution < -0.4 is 10.1 Å². The van der Waals surface area contributed by atoms with Gasteiger partial charge in [0.1, 0.15) is 11.6 Å². The molecule has 0 unspecified atom stereocenters. The summed E-state index contributed by atoms with van der Waals surface area (Å²) in [6, 6.07) is 14.4. The highest BCUT2D eigenvalue weighted by Gasteiger charge is 2.09. The lowest BCUT2D eigenvalue weighted by atomic mass is 10.2. The maximum Gasteiger partial charge on any atom is 0.193 e. The maximum absolute atomic E-state index is 13.2. The van der Waals surface area contributed by atoms with E-state index >= 15 is 0 Å². The molecule has 0 aliphatic carbocycles. The third-order valence-electron chi connectivity index (χ3n) is 3.51. The van der Waals surface area contributed by atoms with Crippen molar-refractivity contribution in [2.45, 2.75) is 13.1 Å². The van der Waals surface area contributed by atoms with Crippen LogP contribution in [0.25, 0.3) is 0 Å². The summed E-state index contributed by atoms with van der Waals surface area (Å²) in [5.74, 6) is 1.35. The molecule has 1 N–H and O–H groups in total. The number of aliphatic imine (C=N–C) groups is 1. The molecule has 0 aromatic heterocycles. The van der Waals surface area contributed by atoms with Crippen molar-refractivity contribution in [2.75, 3.05) is 21.2 Å². The summed E-state index contributed by atoms with van der Waals surface area (Å²) in [5, 5.41) is 3.24. The van der Waals surface area contributed by atoms with Gasteiger partial charge in [-0.15, -0.1) is 24.0 Å². The Balaban J connectivity index is 0.00000288. The van der Waals surface area contributed by atoms with E-state index in [1.165, 1.54) is 12.1 Å². The smallest absolute Gasteiger partial charge is 0.193 e. The highest BCUT2D eigenvalue weighted by Crippen LogP contribution is 2.18. The molecule has 0 atom stereocenters. The summed E-state index contributed by atoms with van der Waals surface area (Å²) in [6.07, 6.45) is 0. The van der Waals surface area contributed by atoms with Crippen molar-refractivity contribution in [1.82, 2.24) is 10.2 Å². The molecular weight excluding hydrogens is 420 g/mol. The van der Waals surface area contributed by atoms with Gasteiger partial charge in [0.25, 0.3) is 0 Å².